The first kappa shape index (κ1) is 15.0. The molecule has 5 nitrogen and oxygen atoms in total. The van der Waals surface area contributed by atoms with Gasteiger partial charge in [-0.1, -0.05) is 0 Å². The molecule has 2 rings (SSSR count). The summed E-state index contributed by atoms with van der Waals surface area (Å²) >= 11 is 1.66. The zero-order valence-corrected chi connectivity index (χ0v) is 12.8. The first-order valence-corrected chi connectivity index (χ1v) is 7.79. The van der Waals surface area contributed by atoms with Crippen LogP contribution in [0.5, 0.6) is 0 Å². The number of aryl methyl sites for hydroxylation is 3. The van der Waals surface area contributed by atoms with E-state index in [2.05, 4.69) is 4.98 Å². The maximum atomic E-state index is 12.2. The standard InChI is InChI=1S/C14H21N3O2S/c1-9-12(20-10(2)16-9)3-4-13(18)17-7-5-11(6-8-17)14(15)19/h11H,3-8H2,1-2H3,(H2,15,19). The Kier molecular flexibility index (Phi) is 4.75. The Bertz CT molecular complexity index is 505. The number of nitrogens with zero attached hydrogens (tertiary/aromatic N) is 2. The van der Waals surface area contributed by atoms with Crippen LogP contribution in [0.25, 0.3) is 0 Å². The van der Waals surface area contributed by atoms with E-state index in [0.717, 1.165) is 17.1 Å². The second-order valence-electron chi connectivity index (χ2n) is 5.30. The maximum Gasteiger partial charge on any atom is 0.222 e. The van der Waals surface area contributed by atoms with E-state index >= 15 is 0 Å². The van der Waals surface area contributed by atoms with E-state index in [0.29, 0.717) is 32.4 Å². The van der Waals surface area contributed by atoms with Gasteiger partial charge in [-0.25, -0.2) is 4.98 Å². The lowest BCUT2D eigenvalue weighted by atomic mass is 9.96. The molecule has 1 fully saturated rings. The second kappa shape index (κ2) is 6.35. The van der Waals surface area contributed by atoms with E-state index in [1.54, 1.807) is 11.3 Å². The number of nitrogens with two attached hydrogens (primary N) is 1. The van der Waals surface area contributed by atoms with Crippen LogP contribution in [0.3, 0.4) is 0 Å². The molecule has 1 saturated heterocycles. The van der Waals surface area contributed by atoms with Gasteiger partial charge in [0.15, 0.2) is 0 Å². The van der Waals surface area contributed by atoms with E-state index in [1.165, 1.54) is 4.88 Å². The number of likely N-dealkylation sites (tertiary alicyclic amines) is 1. The summed E-state index contributed by atoms with van der Waals surface area (Å²) in [6.07, 6.45) is 2.66. The predicted octanol–water partition coefficient (Wildman–Crippen LogP) is 1.42. The summed E-state index contributed by atoms with van der Waals surface area (Å²) < 4.78 is 0. The van der Waals surface area contributed by atoms with Crippen molar-refractivity contribution in [2.45, 2.75) is 39.5 Å². The van der Waals surface area contributed by atoms with E-state index in [1.807, 2.05) is 18.7 Å². The second-order valence-corrected chi connectivity index (χ2v) is 6.59. The zero-order chi connectivity index (χ0) is 14.7. The van der Waals surface area contributed by atoms with Gasteiger partial charge in [-0.3, -0.25) is 9.59 Å². The predicted molar refractivity (Wildman–Crippen MR) is 78.4 cm³/mol. The number of piperidine rings is 1. The lowest BCUT2D eigenvalue weighted by Crippen LogP contribution is -2.41. The van der Waals surface area contributed by atoms with Gasteiger partial charge in [-0.2, -0.15) is 0 Å². The van der Waals surface area contributed by atoms with Crippen LogP contribution in [0.1, 0.15) is 34.8 Å². The Balaban J connectivity index is 1.81. The summed E-state index contributed by atoms with van der Waals surface area (Å²) in [5.41, 5.74) is 6.33. The van der Waals surface area contributed by atoms with Crippen molar-refractivity contribution >= 4 is 23.2 Å². The normalized spacial score (nSPS) is 16.4. The van der Waals surface area contributed by atoms with E-state index in [4.69, 9.17) is 5.73 Å². The molecule has 0 saturated carbocycles. The Hall–Kier alpha value is -1.43. The molecule has 0 atom stereocenters. The number of rotatable bonds is 4. The highest BCUT2D eigenvalue weighted by atomic mass is 32.1. The van der Waals surface area contributed by atoms with Gasteiger partial charge in [-0.15, -0.1) is 11.3 Å². The molecule has 6 heteroatoms. The molecule has 2 heterocycles. The molecule has 2 amide bonds. The van der Waals surface area contributed by atoms with Crippen LogP contribution in [0.15, 0.2) is 0 Å². The highest BCUT2D eigenvalue weighted by Gasteiger charge is 2.25. The quantitative estimate of drug-likeness (QED) is 0.912. The van der Waals surface area contributed by atoms with Crippen LogP contribution < -0.4 is 5.73 Å². The maximum absolute atomic E-state index is 12.2. The highest BCUT2D eigenvalue weighted by Crippen LogP contribution is 2.21. The largest absolute Gasteiger partial charge is 0.369 e. The summed E-state index contributed by atoms with van der Waals surface area (Å²) in [4.78, 5) is 30.7. The first-order chi connectivity index (χ1) is 9.47. The van der Waals surface area contributed by atoms with Crippen molar-refractivity contribution in [2.75, 3.05) is 13.1 Å². The number of carbonyl (C=O) groups excluding carboxylic acids is 2. The SMILES string of the molecule is Cc1nc(C)c(CCC(=O)N2CCC(C(N)=O)CC2)s1. The molecule has 0 bridgehead atoms. The minimum atomic E-state index is -0.243. The summed E-state index contributed by atoms with van der Waals surface area (Å²) in [6, 6.07) is 0. The summed E-state index contributed by atoms with van der Waals surface area (Å²) in [5, 5.41) is 1.05. The fraction of sp³-hybridized carbons (Fsp3) is 0.643. The van der Waals surface area contributed by atoms with Crippen molar-refractivity contribution in [3.05, 3.63) is 15.6 Å². The molecular weight excluding hydrogens is 274 g/mol. The van der Waals surface area contributed by atoms with Crippen LogP contribution in [0.4, 0.5) is 0 Å². The molecule has 0 spiro atoms. The molecule has 20 heavy (non-hydrogen) atoms. The zero-order valence-electron chi connectivity index (χ0n) is 12.0. The fourth-order valence-electron chi connectivity index (χ4n) is 2.60. The average Bonchev–Trinajstić information content (AvgIpc) is 2.74. The van der Waals surface area contributed by atoms with Gasteiger partial charge in [-0.05, 0) is 33.1 Å². The molecular formula is C14H21N3O2S. The molecule has 0 unspecified atom stereocenters. The smallest absolute Gasteiger partial charge is 0.222 e. The monoisotopic (exact) mass is 295 g/mol. The van der Waals surface area contributed by atoms with Crippen molar-refractivity contribution in [1.82, 2.24) is 9.88 Å². The minimum Gasteiger partial charge on any atom is -0.369 e. The number of thiazole rings is 1. The number of primary amides is 1. The fourth-order valence-corrected chi connectivity index (χ4v) is 3.53. The van der Waals surface area contributed by atoms with E-state index in [-0.39, 0.29) is 17.7 Å². The molecule has 1 aliphatic rings. The molecule has 1 aromatic heterocycles. The van der Waals surface area contributed by atoms with E-state index in [9.17, 15) is 9.59 Å². The van der Waals surface area contributed by atoms with Crippen LogP contribution in [-0.2, 0) is 16.0 Å². The highest BCUT2D eigenvalue weighted by molar-refractivity contribution is 7.11. The lowest BCUT2D eigenvalue weighted by Gasteiger charge is -2.30. The number of aromatic nitrogens is 1. The van der Waals surface area contributed by atoms with Gasteiger partial charge < -0.3 is 10.6 Å². The molecule has 110 valence electrons. The number of carbonyl (C=O) groups is 2. The molecule has 0 aliphatic carbocycles. The van der Waals surface area contributed by atoms with Crippen LogP contribution in [-0.4, -0.2) is 34.8 Å². The molecule has 0 aromatic carbocycles. The average molecular weight is 295 g/mol. The third-order valence-corrected chi connectivity index (χ3v) is 4.95. The topological polar surface area (TPSA) is 76.3 Å². The summed E-state index contributed by atoms with van der Waals surface area (Å²) in [5.74, 6) is -0.142. The van der Waals surface area contributed by atoms with Crippen molar-refractivity contribution in [2.24, 2.45) is 11.7 Å². The van der Waals surface area contributed by atoms with E-state index < -0.39 is 0 Å². The van der Waals surface area contributed by atoms with Gasteiger partial charge in [0, 0.05) is 30.3 Å². The van der Waals surface area contributed by atoms with Crippen molar-refractivity contribution < 1.29 is 9.59 Å². The molecule has 2 N–H and O–H groups in total. The van der Waals surface area contributed by atoms with Gasteiger partial charge in [0.25, 0.3) is 0 Å². The Morgan fingerprint density at radius 1 is 1.35 bits per heavy atom. The van der Waals surface area contributed by atoms with Crippen molar-refractivity contribution in [3.63, 3.8) is 0 Å². The summed E-state index contributed by atoms with van der Waals surface area (Å²) in [6.45, 7) is 5.26. The first-order valence-electron chi connectivity index (χ1n) is 6.97. The van der Waals surface area contributed by atoms with Gasteiger partial charge >= 0.3 is 0 Å². The Labute approximate surface area is 123 Å². The Morgan fingerprint density at radius 3 is 2.50 bits per heavy atom. The van der Waals surface area contributed by atoms with Crippen LogP contribution >= 0.6 is 11.3 Å². The molecule has 1 aromatic rings. The van der Waals surface area contributed by atoms with Gasteiger partial charge in [0.2, 0.25) is 11.8 Å². The lowest BCUT2D eigenvalue weighted by molar-refractivity contribution is -0.134. The Morgan fingerprint density at radius 2 is 2.00 bits per heavy atom. The molecule has 1 aliphatic heterocycles. The number of hydrogen-bond acceptors (Lipinski definition) is 4. The van der Waals surface area contributed by atoms with Crippen LogP contribution in [0.2, 0.25) is 0 Å². The minimum absolute atomic E-state index is 0.0644. The third kappa shape index (κ3) is 3.56. The third-order valence-electron chi connectivity index (χ3n) is 3.82. The van der Waals surface area contributed by atoms with Crippen molar-refractivity contribution in [3.8, 4) is 0 Å². The van der Waals surface area contributed by atoms with Crippen molar-refractivity contribution in [1.29, 1.82) is 0 Å². The number of amides is 2. The van der Waals surface area contributed by atoms with Crippen LogP contribution in [0, 0.1) is 19.8 Å². The molecule has 0 radical (unpaired) electrons. The summed E-state index contributed by atoms with van der Waals surface area (Å²) in [7, 11) is 0. The number of hydrogen-bond donors (Lipinski definition) is 1. The van der Waals surface area contributed by atoms with Gasteiger partial charge in [0.1, 0.15) is 0 Å². The van der Waals surface area contributed by atoms with Gasteiger partial charge in [0.05, 0.1) is 10.7 Å².